The number of aliphatic hydroxyl groups is 1. The zero-order valence-corrected chi connectivity index (χ0v) is 21.4. The predicted molar refractivity (Wildman–Crippen MR) is 145 cm³/mol. The molecule has 0 aliphatic carbocycles. The van der Waals surface area contributed by atoms with Crippen LogP contribution in [0.25, 0.3) is 11.2 Å². The second-order valence-corrected chi connectivity index (χ2v) is 9.63. The van der Waals surface area contributed by atoms with Gasteiger partial charge >= 0.3 is 0 Å². The summed E-state index contributed by atoms with van der Waals surface area (Å²) in [7, 11) is 0. The maximum atomic E-state index is 15.5. The minimum atomic E-state index is -1.79. The van der Waals surface area contributed by atoms with E-state index in [0.717, 1.165) is 16.7 Å². The van der Waals surface area contributed by atoms with Crippen molar-refractivity contribution in [2.24, 2.45) is 0 Å². The van der Waals surface area contributed by atoms with Crippen LogP contribution in [0, 0.1) is 0 Å². The Balaban J connectivity index is 1.37. The standard InChI is InChI=1S/C29H25ClFN5O3/c30-28-34-25(32)23-26(35-28)36(17-33-23)27-22(31)24(37)21(39-27)16-38-29(18-10-4-1-5-11-18,19-12-6-2-7-13-19)20-14-8-3-9-15-20/h1-15,17,21-22,24,27,37H,16H2,(H2,32,34,35)/t21-,22+,24-,27-/m1/s1. The van der Waals surface area contributed by atoms with E-state index < -0.39 is 30.2 Å². The van der Waals surface area contributed by atoms with Gasteiger partial charge in [0, 0.05) is 0 Å². The topological polar surface area (TPSA) is 108 Å². The number of rotatable bonds is 7. The summed E-state index contributed by atoms with van der Waals surface area (Å²) in [5, 5.41) is 10.8. The molecule has 0 radical (unpaired) electrons. The van der Waals surface area contributed by atoms with Gasteiger partial charge in [0.05, 0.1) is 12.9 Å². The summed E-state index contributed by atoms with van der Waals surface area (Å²) >= 11 is 5.98. The third kappa shape index (κ3) is 4.43. The van der Waals surface area contributed by atoms with Crippen molar-refractivity contribution in [1.82, 2.24) is 19.5 Å². The van der Waals surface area contributed by atoms with Gasteiger partial charge in [-0.15, -0.1) is 0 Å². The van der Waals surface area contributed by atoms with Gasteiger partial charge in [-0.1, -0.05) is 91.0 Å². The van der Waals surface area contributed by atoms with Gasteiger partial charge < -0.3 is 20.3 Å². The molecule has 6 rings (SSSR count). The van der Waals surface area contributed by atoms with E-state index in [2.05, 4.69) is 15.0 Å². The SMILES string of the molecule is Nc1nc(Cl)nc2c1ncn2[C@@H]1O[C@H](COC(c2ccccc2)(c2ccccc2)c2ccccc2)[C@@H](O)[C@@H]1F. The lowest BCUT2D eigenvalue weighted by molar-refractivity contribution is -0.0935. The van der Waals surface area contributed by atoms with Crippen LogP contribution in [0.15, 0.2) is 97.3 Å². The van der Waals surface area contributed by atoms with Gasteiger partial charge in [-0.25, -0.2) is 9.37 Å². The second-order valence-electron chi connectivity index (χ2n) is 9.29. The highest BCUT2D eigenvalue weighted by Crippen LogP contribution is 2.42. The number of anilines is 1. The van der Waals surface area contributed by atoms with Crippen molar-refractivity contribution in [2.75, 3.05) is 12.3 Å². The quantitative estimate of drug-likeness (QED) is 0.226. The molecular formula is C29H25ClFN5O3. The minimum Gasteiger partial charge on any atom is -0.387 e. The Kier molecular flexibility index (Phi) is 6.74. The molecule has 0 saturated carbocycles. The molecule has 3 N–H and O–H groups in total. The molecule has 3 aromatic carbocycles. The molecule has 8 nitrogen and oxygen atoms in total. The maximum Gasteiger partial charge on any atom is 0.226 e. The number of hydrogen-bond donors (Lipinski definition) is 2. The Bertz CT molecular complexity index is 1480. The number of fused-ring (bicyclic) bond motifs is 1. The highest BCUT2D eigenvalue weighted by Gasteiger charge is 2.48. The highest BCUT2D eigenvalue weighted by atomic mass is 35.5. The van der Waals surface area contributed by atoms with Gasteiger partial charge in [-0.3, -0.25) is 4.57 Å². The largest absolute Gasteiger partial charge is 0.387 e. The maximum absolute atomic E-state index is 15.5. The van der Waals surface area contributed by atoms with Gasteiger partial charge in [-0.2, -0.15) is 9.97 Å². The smallest absolute Gasteiger partial charge is 0.226 e. The fraction of sp³-hybridized carbons (Fsp3) is 0.207. The summed E-state index contributed by atoms with van der Waals surface area (Å²) in [4.78, 5) is 12.2. The molecule has 0 spiro atoms. The monoisotopic (exact) mass is 545 g/mol. The summed E-state index contributed by atoms with van der Waals surface area (Å²) in [6.07, 6.45) is -4.12. The Morgan fingerprint density at radius 3 is 2.00 bits per heavy atom. The number of nitrogens with zero attached hydrogens (tertiary/aromatic N) is 4. The lowest BCUT2D eigenvalue weighted by Gasteiger charge is -2.37. The van der Waals surface area contributed by atoms with E-state index in [-0.39, 0.29) is 28.9 Å². The van der Waals surface area contributed by atoms with Crippen molar-refractivity contribution in [3.05, 3.63) is 119 Å². The van der Waals surface area contributed by atoms with E-state index in [1.165, 1.54) is 10.9 Å². The van der Waals surface area contributed by atoms with Crippen LogP contribution in [0.4, 0.5) is 10.2 Å². The number of halogens is 2. The summed E-state index contributed by atoms with van der Waals surface area (Å²) in [5.74, 6) is 0.0657. The van der Waals surface area contributed by atoms with E-state index in [9.17, 15) is 5.11 Å². The van der Waals surface area contributed by atoms with Crippen molar-refractivity contribution >= 4 is 28.6 Å². The number of nitrogens with two attached hydrogens (primary N) is 1. The van der Waals surface area contributed by atoms with E-state index in [0.29, 0.717) is 0 Å². The lowest BCUT2D eigenvalue weighted by Crippen LogP contribution is -2.39. The van der Waals surface area contributed by atoms with Crippen molar-refractivity contribution in [2.45, 2.75) is 30.2 Å². The molecule has 5 aromatic rings. The average molecular weight is 546 g/mol. The summed E-state index contributed by atoms with van der Waals surface area (Å²) in [5.41, 5.74) is 7.97. The van der Waals surface area contributed by atoms with Gasteiger partial charge in [-0.05, 0) is 28.3 Å². The predicted octanol–water partition coefficient (Wildman–Crippen LogP) is 4.67. The Hall–Kier alpha value is -3.89. The van der Waals surface area contributed by atoms with Crippen LogP contribution in [0.5, 0.6) is 0 Å². The van der Waals surface area contributed by atoms with Crippen LogP contribution >= 0.6 is 11.6 Å². The first kappa shape index (κ1) is 25.4. The van der Waals surface area contributed by atoms with E-state index in [4.69, 9.17) is 26.8 Å². The van der Waals surface area contributed by atoms with Gasteiger partial charge in [0.15, 0.2) is 23.9 Å². The Morgan fingerprint density at radius 2 is 1.46 bits per heavy atom. The summed E-state index contributed by atoms with van der Waals surface area (Å²) in [6, 6.07) is 29.4. The number of nitrogen functional groups attached to an aromatic ring is 1. The normalized spacial score (nSPS) is 21.4. The van der Waals surface area contributed by atoms with Crippen molar-refractivity contribution in [3.63, 3.8) is 0 Å². The zero-order chi connectivity index (χ0) is 27.0. The van der Waals surface area contributed by atoms with Gasteiger partial charge in [0.25, 0.3) is 0 Å². The van der Waals surface area contributed by atoms with Gasteiger partial charge in [0.1, 0.15) is 23.3 Å². The number of aromatic nitrogens is 4. The molecule has 1 saturated heterocycles. The number of ether oxygens (including phenoxy) is 2. The molecule has 0 unspecified atom stereocenters. The molecule has 198 valence electrons. The Labute approximate surface area is 228 Å². The third-order valence-corrected chi connectivity index (χ3v) is 7.16. The lowest BCUT2D eigenvalue weighted by atomic mass is 9.80. The van der Waals surface area contributed by atoms with Crippen LogP contribution < -0.4 is 5.73 Å². The number of alkyl halides is 1. The minimum absolute atomic E-state index is 0.0657. The van der Waals surface area contributed by atoms with Crippen LogP contribution in [0.1, 0.15) is 22.9 Å². The van der Waals surface area contributed by atoms with Crippen LogP contribution in [0.2, 0.25) is 5.28 Å². The molecule has 4 atom stereocenters. The van der Waals surface area contributed by atoms with Crippen LogP contribution in [-0.2, 0) is 15.1 Å². The molecule has 39 heavy (non-hydrogen) atoms. The number of benzene rings is 3. The molecule has 3 heterocycles. The number of hydrogen-bond acceptors (Lipinski definition) is 7. The number of imidazole rings is 1. The molecule has 1 aliphatic heterocycles. The van der Waals surface area contributed by atoms with E-state index in [1.54, 1.807) is 0 Å². The first-order chi connectivity index (χ1) is 19.0. The Morgan fingerprint density at radius 1 is 0.923 bits per heavy atom. The molecular weight excluding hydrogens is 521 g/mol. The average Bonchev–Trinajstić information content (AvgIpc) is 3.51. The fourth-order valence-corrected chi connectivity index (χ4v) is 5.31. The molecule has 0 bridgehead atoms. The van der Waals surface area contributed by atoms with Crippen molar-refractivity contribution in [3.8, 4) is 0 Å². The fourth-order valence-electron chi connectivity index (χ4n) is 5.14. The summed E-state index contributed by atoms with van der Waals surface area (Å²) in [6.45, 7) is -0.110. The van der Waals surface area contributed by atoms with Crippen molar-refractivity contribution < 1.29 is 19.0 Å². The zero-order valence-electron chi connectivity index (χ0n) is 20.6. The molecule has 1 aliphatic rings. The van der Waals surface area contributed by atoms with E-state index in [1.807, 2.05) is 91.0 Å². The second kappa shape index (κ2) is 10.3. The first-order valence-electron chi connectivity index (χ1n) is 12.4. The summed E-state index contributed by atoms with van der Waals surface area (Å²) < 4.78 is 29.7. The first-order valence-corrected chi connectivity index (χ1v) is 12.8. The van der Waals surface area contributed by atoms with Crippen molar-refractivity contribution in [1.29, 1.82) is 0 Å². The highest BCUT2D eigenvalue weighted by molar-refractivity contribution is 6.28. The molecule has 10 heteroatoms. The molecule has 0 amide bonds. The van der Waals surface area contributed by atoms with E-state index >= 15 is 4.39 Å². The van der Waals surface area contributed by atoms with Crippen LogP contribution in [0.3, 0.4) is 0 Å². The number of aliphatic hydroxyl groups excluding tert-OH is 1. The van der Waals surface area contributed by atoms with Crippen LogP contribution in [-0.4, -0.2) is 49.6 Å². The van der Waals surface area contributed by atoms with Gasteiger partial charge in [0.2, 0.25) is 5.28 Å². The molecule has 1 fully saturated rings. The third-order valence-electron chi connectivity index (χ3n) is 6.99. The molecule has 2 aromatic heterocycles.